The fourth-order valence-corrected chi connectivity index (χ4v) is 5.15. The Bertz CT molecular complexity index is 2020. The number of furan rings is 1. The molecule has 0 atom stereocenters. The van der Waals surface area contributed by atoms with Crippen LogP contribution < -0.4 is 4.57 Å². The maximum atomic E-state index is 15.5. The van der Waals surface area contributed by atoms with Crippen molar-refractivity contribution in [2.24, 2.45) is 7.05 Å². The number of hydrogen-bond donors (Lipinski definition) is 0. The quantitative estimate of drug-likeness (QED) is 0.218. The molecule has 6 aromatic rings. The van der Waals surface area contributed by atoms with E-state index in [9.17, 15) is 0 Å². The molecule has 0 saturated carbocycles. The minimum absolute atomic E-state index is 0.0565. The largest absolute Gasteiger partial charge is 0.454 e. The van der Waals surface area contributed by atoms with Crippen molar-refractivity contribution in [1.82, 2.24) is 0 Å². The van der Waals surface area contributed by atoms with Crippen LogP contribution in [0.25, 0.3) is 55.4 Å². The van der Waals surface area contributed by atoms with Crippen LogP contribution in [0.3, 0.4) is 0 Å². The Morgan fingerprint density at radius 3 is 2.08 bits per heavy atom. The average Bonchev–Trinajstić information content (AvgIpc) is 3.32. The summed E-state index contributed by atoms with van der Waals surface area (Å²) in [6.45, 7) is 3.24. The Labute approximate surface area is 230 Å². The fourth-order valence-electron chi connectivity index (χ4n) is 5.15. The van der Waals surface area contributed by atoms with Crippen molar-refractivity contribution in [3.63, 3.8) is 0 Å². The standard InChI is InChI=1S/C35H31FNO/c1-21(2)24-7-9-25(10-8-24)26-11-13-27(14-12-26)33-30(36)17-16-29-28-15-6-23(4)32(34(28)38-35(29)33)31-20-22(3)18-19-37(31)5/h6-21H,1-5H3/q+1/i3D3,19D,21D. The summed E-state index contributed by atoms with van der Waals surface area (Å²) in [7, 11) is 1.72. The maximum absolute atomic E-state index is 15.5. The molecule has 0 spiro atoms. The predicted molar refractivity (Wildman–Crippen MR) is 155 cm³/mol. The van der Waals surface area contributed by atoms with Gasteiger partial charge in [0.05, 0.1) is 11.1 Å². The number of fused-ring (bicyclic) bond motifs is 3. The van der Waals surface area contributed by atoms with E-state index in [1.54, 1.807) is 23.7 Å². The van der Waals surface area contributed by atoms with Crippen LogP contribution in [0.2, 0.25) is 0 Å². The molecule has 0 radical (unpaired) electrons. The van der Waals surface area contributed by atoms with Crippen molar-refractivity contribution in [2.75, 3.05) is 0 Å². The van der Waals surface area contributed by atoms with Gasteiger partial charge in [0.1, 0.15) is 25.4 Å². The minimum Gasteiger partial charge on any atom is -0.454 e. The lowest BCUT2D eigenvalue weighted by Crippen LogP contribution is -2.30. The molecule has 2 nitrogen and oxygen atoms in total. The second kappa shape index (κ2) is 9.25. The summed E-state index contributed by atoms with van der Waals surface area (Å²) < 4.78 is 64.1. The Hall–Kier alpha value is -4.24. The monoisotopic (exact) mass is 505 g/mol. The van der Waals surface area contributed by atoms with E-state index in [0.29, 0.717) is 33.6 Å². The Balaban J connectivity index is 1.51. The summed E-state index contributed by atoms with van der Waals surface area (Å²) in [5, 5.41) is 1.52. The molecule has 0 fully saturated rings. The molecule has 0 N–H and O–H groups in total. The highest BCUT2D eigenvalue weighted by Gasteiger charge is 2.23. The molecule has 0 unspecified atom stereocenters. The lowest BCUT2D eigenvalue weighted by Gasteiger charge is -2.09. The van der Waals surface area contributed by atoms with E-state index >= 15 is 4.39 Å². The lowest BCUT2D eigenvalue weighted by molar-refractivity contribution is -0.660. The van der Waals surface area contributed by atoms with Crippen molar-refractivity contribution < 1.29 is 20.2 Å². The van der Waals surface area contributed by atoms with Crippen molar-refractivity contribution in [2.45, 2.75) is 33.5 Å². The molecule has 0 aliphatic rings. The Kier molecular flexibility index (Phi) is 4.61. The molecule has 0 aliphatic heterocycles. The zero-order valence-electron chi connectivity index (χ0n) is 26.8. The smallest absolute Gasteiger partial charge is 0.216 e. The molecule has 4 aromatic carbocycles. The van der Waals surface area contributed by atoms with Crippen molar-refractivity contribution >= 4 is 21.9 Å². The number of hydrogen-bond acceptors (Lipinski definition) is 1. The molecule has 38 heavy (non-hydrogen) atoms. The van der Waals surface area contributed by atoms with E-state index in [1.165, 1.54) is 12.1 Å². The Morgan fingerprint density at radius 2 is 1.42 bits per heavy atom. The van der Waals surface area contributed by atoms with Crippen LogP contribution in [0.1, 0.15) is 43.3 Å². The first kappa shape index (κ1) is 18.9. The van der Waals surface area contributed by atoms with Crippen LogP contribution >= 0.6 is 0 Å². The van der Waals surface area contributed by atoms with E-state index in [0.717, 1.165) is 33.0 Å². The molecule has 0 amide bonds. The summed E-state index contributed by atoms with van der Waals surface area (Å²) in [4.78, 5) is 0. The summed E-state index contributed by atoms with van der Waals surface area (Å²) >= 11 is 0. The summed E-state index contributed by atoms with van der Waals surface area (Å²) in [5.74, 6) is -1.09. The number of pyridine rings is 1. The molecule has 188 valence electrons. The second-order valence-corrected chi connectivity index (χ2v) is 10.0. The number of rotatable bonds is 4. The number of nitrogens with zero attached hydrogens (tertiary/aromatic N) is 1. The first-order valence-corrected chi connectivity index (χ1v) is 12.6. The molecule has 0 saturated heterocycles. The van der Waals surface area contributed by atoms with Gasteiger partial charge in [-0.3, -0.25) is 0 Å². The van der Waals surface area contributed by atoms with E-state index < -0.39 is 18.6 Å². The van der Waals surface area contributed by atoms with Crippen LogP contribution in [0.4, 0.5) is 4.39 Å². The predicted octanol–water partition coefficient (Wildman–Crippen LogP) is 9.29. The average molecular weight is 506 g/mol. The normalized spacial score (nSPS) is 14.2. The van der Waals surface area contributed by atoms with Crippen LogP contribution in [0, 0.1) is 19.6 Å². The fraction of sp³-hybridized carbons (Fsp3) is 0.171. The third-order valence-corrected chi connectivity index (χ3v) is 7.26. The van der Waals surface area contributed by atoms with E-state index in [1.807, 2.05) is 81.4 Å². The molecule has 3 heteroatoms. The van der Waals surface area contributed by atoms with Crippen LogP contribution in [0.5, 0.6) is 0 Å². The van der Waals surface area contributed by atoms with Crippen LogP contribution in [-0.2, 0) is 7.05 Å². The minimum atomic E-state index is -2.38. The molecular weight excluding hydrogens is 469 g/mol. The molecule has 2 heterocycles. The lowest BCUT2D eigenvalue weighted by atomic mass is 9.96. The number of benzene rings is 4. The van der Waals surface area contributed by atoms with Gasteiger partial charge in [-0.1, -0.05) is 74.5 Å². The molecule has 0 aliphatic carbocycles. The van der Waals surface area contributed by atoms with Gasteiger partial charge in [-0.05, 0) is 65.2 Å². The molecular formula is C35H31FNO+. The van der Waals surface area contributed by atoms with Gasteiger partial charge in [0.25, 0.3) is 0 Å². The van der Waals surface area contributed by atoms with Gasteiger partial charge < -0.3 is 4.42 Å². The molecule has 6 rings (SSSR count). The van der Waals surface area contributed by atoms with Gasteiger partial charge in [0.2, 0.25) is 5.69 Å². The molecule has 0 bridgehead atoms. The highest BCUT2D eigenvalue weighted by atomic mass is 19.1. The second-order valence-electron chi connectivity index (χ2n) is 10.0. The summed E-state index contributed by atoms with van der Waals surface area (Å²) in [5.41, 5.74) is 6.93. The highest BCUT2D eigenvalue weighted by molar-refractivity contribution is 6.13. The van der Waals surface area contributed by atoms with E-state index in [-0.39, 0.29) is 11.7 Å². The number of halogens is 1. The maximum Gasteiger partial charge on any atom is 0.216 e. The Morgan fingerprint density at radius 1 is 0.816 bits per heavy atom. The zero-order chi connectivity index (χ0) is 30.8. The van der Waals surface area contributed by atoms with Crippen molar-refractivity contribution in [3.8, 4) is 33.5 Å². The van der Waals surface area contributed by atoms with Crippen molar-refractivity contribution in [3.05, 3.63) is 114 Å². The van der Waals surface area contributed by atoms with Gasteiger partial charge in [-0.2, -0.15) is 0 Å². The van der Waals surface area contributed by atoms with Gasteiger partial charge in [0.15, 0.2) is 6.17 Å². The first-order valence-electron chi connectivity index (χ1n) is 15.1. The highest BCUT2D eigenvalue weighted by Crippen LogP contribution is 2.42. The van der Waals surface area contributed by atoms with Gasteiger partial charge in [-0.25, -0.2) is 8.96 Å². The van der Waals surface area contributed by atoms with E-state index in [4.69, 9.17) is 11.3 Å². The van der Waals surface area contributed by atoms with Crippen LogP contribution in [-0.4, -0.2) is 0 Å². The summed E-state index contributed by atoms with van der Waals surface area (Å²) in [6.07, 6.45) is 0.0565. The van der Waals surface area contributed by atoms with Gasteiger partial charge in [-0.15, -0.1) is 0 Å². The van der Waals surface area contributed by atoms with Gasteiger partial charge in [0, 0.05) is 28.4 Å². The molecule has 2 aromatic heterocycles. The third kappa shape index (κ3) is 3.99. The zero-order valence-corrected chi connectivity index (χ0v) is 21.8. The van der Waals surface area contributed by atoms with E-state index in [2.05, 4.69) is 0 Å². The number of aromatic nitrogens is 1. The van der Waals surface area contributed by atoms with Gasteiger partial charge >= 0.3 is 0 Å². The topological polar surface area (TPSA) is 17.0 Å². The van der Waals surface area contributed by atoms with Crippen molar-refractivity contribution in [1.29, 1.82) is 0 Å². The first-order chi connectivity index (χ1) is 20.2. The summed E-state index contributed by atoms with van der Waals surface area (Å²) in [6, 6.07) is 25.5. The van der Waals surface area contributed by atoms with Crippen LogP contribution in [0.15, 0.2) is 95.5 Å². The SMILES string of the molecule is [2H]c1cc(C([2H])([2H])[2H])cc(-c2c(C)ccc3c2oc2c(-c4ccc(-c5ccc(C([2H])(C)C)cc5)cc4)c(F)ccc23)[n+]1C. The third-order valence-electron chi connectivity index (χ3n) is 7.26. The number of aryl methyl sites for hydroxylation is 2.